The molecule has 36 heavy (non-hydrogen) atoms. The first-order chi connectivity index (χ1) is 17.5. The Balaban J connectivity index is 1.31. The molecule has 1 amide bonds. The number of hydrogen-bond acceptors (Lipinski definition) is 4. The van der Waals surface area contributed by atoms with Crippen LogP contribution in [0, 0.1) is 0 Å². The lowest BCUT2D eigenvalue weighted by atomic mass is 9.98. The van der Waals surface area contributed by atoms with E-state index in [0.29, 0.717) is 12.3 Å². The van der Waals surface area contributed by atoms with E-state index in [-0.39, 0.29) is 12.5 Å². The van der Waals surface area contributed by atoms with E-state index < -0.39 is 18.1 Å². The minimum absolute atomic E-state index is 0.0530. The van der Waals surface area contributed by atoms with Gasteiger partial charge in [0.25, 0.3) is 0 Å². The number of nitrogens with one attached hydrogen (secondary N) is 2. The second-order valence-corrected chi connectivity index (χ2v) is 9.49. The van der Waals surface area contributed by atoms with Gasteiger partial charge < -0.3 is 19.8 Å². The lowest BCUT2D eigenvalue weighted by Gasteiger charge is -2.18. The lowest BCUT2D eigenvalue weighted by Crippen LogP contribution is -2.43. The van der Waals surface area contributed by atoms with Gasteiger partial charge in [-0.1, -0.05) is 80.6 Å². The maximum Gasteiger partial charge on any atom is 0.407 e. The third-order valence-electron chi connectivity index (χ3n) is 7.00. The van der Waals surface area contributed by atoms with Gasteiger partial charge >= 0.3 is 12.1 Å². The number of benzene rings is 3. The van der Waals surface area contributed by atoms with E-state index in [1.165, 1.54) is 12.7 Å². The molecule has 1 aromatic heterocycles. The topological polar surface area (TPSA) is 80.4 Å². The molecule has 1 aliphatic rings. The summed E-state index contributed by atoms with van der Waals surface area (Å²) in [5, 5.41) is 3.76. The van der Waals surface area contributed by atoms with Crippen LogP contribution in [0.1, 0.15) is 47.9 Å². The number of aromatic nitrogens is 1. The molecule has 184 valence electrons. The highest BCUT2D eigenvalue weighted by Gasteiger charge is 2.30. The zero-order valence-electron chi connectivity index (χ0n) is 20.7. The lowest BCUT2D eigenvalue weighted by molar-refractivity contribution is -0.142. The summed E-state index contributed by atoms with van der Waals surface area (Å²) in [6.45, 7) is 4.47. The van der Waals surface area contributed by atoms with E-state index >= 15 is 0 Å². The quantitative estimate of drug-likeness (QED) is 0.321. The van der Waals surface area contributed by atoms with Crippen molar-refractivity contribution < 1.29 is 19.1 Å². The van der Waals surface area contributed by atoms with Crippen LogP contribution in [-0.2, 0) is 20.7 Å². The number of H-pyrrole nitrogens is 1. The van der Waals surface area contributed by atoms with Crippen LogP contribution in [0.4, 0.5) is 4.79 Å². The molecule has 0 aliphatic heterocycles. The zero-order valence-corrected chi connectivity index (χ0v) is 20.7. The van der Waals surface area contributed by atoms with Crippen LogP contribution in [0.5, 0.6) is 0 Å². The van der Waals surface area contributed by atoms with E-state index in [4.69, 9.17) is 9.47 Å². The van der Waals surface area contributed by atoms with Gasteiger partial charge in [0.1, 0.15) is 12.6 Å². The SMILES string of the molecule is COC(=O)[C@H](Cc1c[nH]c2c(C(C)C)cccc12)NC(=O)OCC1c2ccccc2-c2ccccc21. The van der Waals surface area contributed by atoms with Gasteiger partial charge in [0.05, 0.1) is 7.11 Å². The highest BCUT2D eigenvalue weighted by molar-refractivity contribution is 5.88. The molecule has 4 aromatic rings. The van der Waals surface area contributed by atoms with Crippen molar-refractivity contribution in [2.75, 3.05) is 13.7 Å². The van der Waals surface area contributed by atoms with Crippen molar-refractivity contribution in [1.29, 1.82) is 0 Å². The predicted octanol–water partition coefficient (Wildman–Crippen LogP) is 5.91. The summed E-state index contributed by atoms with van der Waals surface area (Å²) in [7, 11) is 1.32. The van der Waals surface area contributed by atoms with Crippen LogP contribution in [0.15, 0.2) is 72.9 Å². The molecule has 0 spiro atoms. The number of hydrogen-bond donors (Lipinski definition) is 2. The molecule has 0 saturated heterocycles. The minimum atomic E-state index is -0.868. The van der Waals surface area contributed by atoms with Crippen molar-refractivity contribution in [3.05, 3.63) is 95.2 Å². The van der Waals surface area contributed by atoms with Gasteiger partial charge in [-0.2, -0.15) is 0 Å². The first kappa shape index (κ1) is 23.7. The van der Waals surface area contributed by atoms with Crippen LogP contribution in [0.25, 0.3) is 22.0 Å². The summed E-state index contributed by atoms with van der Waals surface area (Å²) in [6.07, 6.45) is 1.54. The van der Waals surface area contributed by atoms with Gasteiger partial charge in [-0.25, -0.2) is 9.59 Å². The fourth-order valence-corrected chi connectivity index (χ4v) is 5.22. The number of esters is 1. The summed E-state index contributed by atoms with van der Waals surface area (Å²) in [4.78, 5) is 28.7. The molecule has 6 heteroatoms. The molecule has 1 atom stereocenters. The highest BCUT2D eigenvalue weighted by atomic mass is 16.6. The molecule has 0 fully saturated rings. The third-order valence-corrected chi connectivity index (χ3v) is 7.00. The number of amides is 1. The fraction of sp³-hybridized carbons (Fsp3) is 0.267. The summed E-state index contributed by atoms with van der Waals surface area (Å²) < 4.78 is 10.6. The molecule has 3 aromatic carbocycles. The number of methoxy groups -OCH3 is 1. The standard InChI is InChI=1S/C30H30N2O4/c1-18(2)20-13-8-14-21-19(16-31-28(20)21)15-27(29(33)35-3)32-30(34)36-17-26-24-11-6-4-9-22(24)23-10-5-7-12-25(23)26/h4-14,16,18,26-27,31H,15,17H2,1-3H3,(H,32,34)/t27-/m0/s1. The van der Waals surface area contributed by atoms with E-state index in [1.807, 2.05) is 42.6 Å². The summed E-state index contributed by atoms with van der Waals surface area (Å²) in [5.41, 5.74) is 7.78. The van der Waals surface area contributed by atoms with E-state index in [1.54, 1.807) is 0 Å². The Kier molecular flexibility index (Phi) is 6.51. The largest absolute Gasteiger partial charge is 0.467 e. The summed E-state index contributed by atoms with van der Waals surface area (Å²) in [5.74, 6) is -0.212. The Bertz CT molecular complexity index is 1380. The number of fused-ring (bicyclic) bond motifs is 4. The molecule has 5 rings (SSSR count). The van der Waals surface area contributed by atoms with Crippen molar-refractivity contribution in [2.24, 2.45) is 0 Å². The van der Waals surface area contributed by atoms with Crippen molar-refractivity contribution >= 4 is 23.0 Å². The summed E-state index contributed by atoms with van der Waals surface area (Å²) >= 11 is 0. The van der Waals surface area contributed by atoms with Gasteiger partial charge in [0.15, 0.2) is 0 Å². The van der Waals surface area contributed by atoms with Crippen molar-refractivity contribution in [2.45, 2.75) is 38.1 Å². The van der Waals surface area contributed by atoms with E-state index in [2.05, 4.69) is 54.5 Å². The van der Waals surface area contributed by atoms with Crippen molar-refractivity contribution in [3.63, 3.8) is 0 Å². The Labute approximate surface area is 210 Å². The number of carbonyl (C=O) groups excluding carboxylic acids is 2. The van der Waals surface area contributed by atoms with E-state index in [0.717, 1.165) is 38.7 Å². The average Bonchev–Trinajstić information content (AvgIpc) is 3.45. The van der Waals surface area contributed by atoms with Gasteiger partial charge in [0, 0.05) is 29.4 Å². The number of alkyl carbamates (subject to hydrolysis) is 1. The number of rotatable bonds is 7. The second-order valence-electron chi connectivity index (χ2n) is 9.49. The smallest absolute Gasteiger partial charge is 0.407 e. The molecular formula is C30H30N2O4. The molecule has 2 N–H and O–H groups in total. The van der Waals surface area contributed by atoms with Crippen molar-refractivity contribution in [3.8, 4) is 11.1 Å². The predicted molar refractivity (Wildman–Crippen MR) is 140 cm³/mol. The van der Waals surface area contributed by atoms with Crippen LogP contribution in [-0.4, -0.2) is 36.8 Å². The van der Waals surface area contributed by atoms with Gasteiger partial charge in [-0.05, 0) is 39.3 Å². The van der Waals surface area contributed by atoms with E-state index in [9.17, 15) is 9.59 Å². The fourth-order valence-electron chi connectivity index (χ4n) is 5.22. The summed E-state index contributed by atoms with van der Waals surface area (Å²) in [6, 6.07) is 21.6. The van der Waals surface area contributed by atoms with Crippen LogP contribution < -0.4 is 5.32 Å². The highest BCUT2D eigenvalue weighted by Crippen LogP contribution is 2.44. The molecule has 0 saturated carbocycles. The van der Waals surface area contributed by atoms with Crippen molar-refractivity contribution in [1.82, 2.24) is 10.3 Å². The Morgan fingerprint density at radius 2 is 1.61 bits per heavy atom. The zero-order chi connectivity index (χ0) is 25.2. The van der Waals surface area contributed by atoms with Crippen LogP contribution >= 0.6 is 0 Å². The van der Waals surface area contributed by atoms with Gasteiger partial charge in [-0.15, -0.1) is 0 Å². The Morgan fingerprint density at radius 1 is 0.944 bits per heavy atom. The minimum Gasteiger partial charge on any atom is -0.467 e. The first-order valence-electron chi connectivity index (χ1n) is 12.3. The van der Waals surface area contributed by atoms with Gasteiger partial charge in [0.2, 0.25) is 0 Å². The number of carbonyl (C=O) groups is 2. The molecule has 0 radical (unpaired) electrons. The maximum absolute atomic E-state index is 12.8. The molecule has 1 heterocycles. The van der Waals surface area contributed by atoms with Crippen LogP contribution in [0.3, 0.4) is 0 Å². The molecule has 6 nitrogen and oxygen atoms in total. The number of para-hydroxylation sites is 1. The number of aromatic amines is 1. The van der Waals surface area contributed by atoms with Gasteiger partial charge in [-0.3, -0.25) is 0 Å². The first-order valence-corrected chi connectivity index (χ1v) is 12.3. The maximum atomic E-state index is 12.8. The molecule has 0 unspecified atom stereocenters. The third kappa shape index (κ3) is 4.35. The normalized spacial score (nSPS) is 13.3. The monoisotopic (exact) mass is 482 g/mol. The number of ether oxygens (including phenoxy) is 2. The second kappa shape index (κ2) is 9.90. The Hall–Kier alpha value is -4.06. The Morgan fingerprint density at radius 3 is 2.25 bits per heavy atom. The average molecular weight is 483 g/mol. The van der Waals surface area contributed by atoms with Crippen LogP contribution in [0.2, 0.25) is 0 Å². The molecule has 0 bridgehead atoms. The molecular weight excluding hydrogens is 452 g/mol. The molecule has 1 aliphatic carbocycles.